The highest BCUT2D eigenvalue weighted by atomic mass is 16.6. The number of unbranched alkanes of at least 4 members (excludes halogenated alkanes) is 2. The predicted molar refractivity (Wildman–Crippen MR) is 261 cm³/mol. The number of anilines is 1. The molecule has 3 heterocycles. The van der Waals surface area contributed by atoms with Crippen molar-refractivity contribution in [3.63, 3.8) is 0 Å². The Morgan fingerprint density at radius 2 is 1.61 bits per heavy atom. The Hall–Kier alpha value is -5.67. The highest BCUT2D eigenvalue weighted by molar-refractivity contribution is 5.97. The smallest absolute Gasteiger partial charge is 0.426 e. The van der Waals surface area contributed by atoms with Crippen LogP contribution in [0.15, 0.2) is 60.2 Å². The molecule has 70 heavy (non-hydrogen) atoms. The molecule has 1 spiro atoms. The number of amides is 6. The number of nitrogens with two attached hydrogens (primary N) is 2. The number of hydrazine groups is 1. The minimum atomic E-state index is -0.879. The normalized spacial score (nSPS) is 25.1. The van der Waals surface area contributed by atoms with Crippen molar-refractivity contribution in [3.8, 4) is 0 Å². The quantitative estimate of drug-likeness (QED) is 0.0174. The lowest BCUT2D eigenvalue weighted by atomic mass is 9.87. The van der Waals surface area contributed by atoms with Gasteiger partial charge in [-0.2, -0.15) is 0 Å². The second kappa shape index (κ2) is 28.9. The number of ether oxygens (including phenoxy) is 5. The molecule has 388 valence electrons. The lowest BCUT2D eigenvalue weighted by Crippen LogP contribution is -2.50. The molecule has 0 bridgehead atoms. The van der Waals surface area contributed by atoms with Crippen LogP contribution in [0.4, 0.5) is 10.5 Å². The van der Waals surface area contributed by atoms with Crippen molar-refractivity contribution in [1.29, 1.82) is 0 Å². The van der Waals surface area contributed by atoms with E-state index in [2.05, 4.69) is 45.1 Å². The maximum Gasteiger partial charge on any atom is 0.426 e. The molecule has 0 radical (unpaired) electrons. The molecule has 3 fully saturated rings. The van der Waals surface area contributed by atoms with Gasteiger partial charge in [0, 0.05) is 37.9 Å². The number of nitrogens with one attached hydrogen (secondary N) is 6. The molecule has 20 nitrogen and oxygen atoms in total. The molecule has 0 aliphatic carbocycles. The van der Waals surface area contributed by atoms with Crippen LogP contribution >= 0.6 is 0 Å². The van der Waals surface area contributed by atoms with Crippen LogP contribution in [0.5, 0.6) is 0 Å². The van der Waals surface area contributed by atoms with Crippen LogP contribution in [0.25, 0.3) is 0 Å². The van der Waals surface area contributed by atoms with E-state index in [4.69, 9.17) is 35.2 Å². The van der Waals surface area contributed by atoms with Crippen LogP contribution in [0, 0.1) is 5.92 Å². The van der Waals surface area contributed by atoms with E-state index < -0.39 is 53.6 Å². The highest BCUT2D eigenvalue weighted by Gasteiger charge is 2.57. The lowest BCUT2D eigenvalue weighted by Gasteiger charge is -2.39. The molecule has 1 aromatic carbocycles. The molecular formula is C50H76N8O12. The summed E-state index contributed by atoms with van der Waals surface area (Å²) in [4.78, 5) is 86.8. The van der Waals surface area contributed by atoms with Crippen molar-refractivity contribution in [2.75, 3.05) is 25.0 Å². The summed E-state index contributed by atoms with van der Waals surface area (Å²) in [5.74, 6) is -2.17. The molecule has 0 saturated carbocycles. The zero-order valence-corrected chi connectivity index (χ0v) is 41.6. The van der Waals surface area contributed by atoms with Gasteiger partial charge in [0.1, 0.15) is 18.8 Å². The number of rotatable bonds is 25. The zero-order valence-electron chi connectivity index (χ0n) is 41.6. The number of carbonyl (C=O) groups excluding carboxylic acids is 7. The summed E-state index contributed by atoms with van der Waals surface area (Å²) in [5, 5.41) is 11.0. The first-order valence-corrected chi connectivity index (χ1v) is 24.5. The van der Waals surface area contributed by atoms with Crippen LogP contribution in [0.1, 0.15) is 118 Å². The summed E-state index contributed by atoms with van der Waals surface area (Å²) < 4.78 is 29.0. The zero-order chi connectivity index (χ0) is 51.2. The molecule has 4 rings (SSSR count). The highest BCUT2D eigenvalue weighted by Crippen LogP contribution is 2.48. The monoisotopic (exact) mass is 981 g/mol. The van der Waals surface area contributed by atoms with Gasteiger partial charge >= 0.3 is 12.1 Å². The minimum Gasteiger partial charge on any atom is -0.459 e. The van der Waals surface area contributed by atoms with Gasteiger partial charge in [-0.15, -0.1) is 0 Å². The lowest BCUT2D eigenvalue weighted by molar-refractivity contribution is -0.143. The molecule has 6 amide bonds. The number of carbonyl (C=O) groups is 7. The summed E-state index contributed by atoms with van der Waals surface area (Å²) in [6.45, 7) is 11.6. The van der Waals surface area contributed by atoms with Gasteiger partial charge in [0.25, 0.3) is 0 Å². The largest absolute Gasteiger partial charge is 0.459 e. The Labute approximate surface area is 411 Å². The summed E-state index contributed by atoms with van der Waals surface area (Å²) >= 11 is 0. The first-order valence-electron chi connectivity index (χ1n) is 24.5. The second-order valence-electron chi connectivity index (χ2n) is 18.5. The number of epoxide rings is 1. The van der Waals surface area contributed by atoms with Crippen LogP contribution in [0.3, 0.4) is 0 Å². The van der Waals surface area contributed by atoms with Crippen molar-refractivity contribution in [3.05, 3.63) is 65.8 Å². The van der Waals surface area contributed by atoms with Crippen molar-refractivity contribution < 1.29 is 57.2 Å². The Kier molecular flexibility index (Phi) is 23.5. The molecule has 10 atom stereocenters. The third-order valence-corrected chi connectivity index (χ3v) is 12.5. The van der Waals surface area contributed by atoms with Gasteiger partial charge in [0.15, 0.2) is 0 Å². The summed E-state index contributed by atoms with van der Waals surface area (Å²) in [7, 11) is 0. The van der Waals surface area contributed by atoms with Gasteiger partial charge in [-0.3, -0.25) is 34.2 Å². The number of hydrogen-bond acceptors (Lipinski definition) is 14. The Morgan fingerprint density at radius 3 is 2.30 bits per heavy atom. The molecule has 20 heteroatoms. The van der Waals surface area contributed by atoms with Crippen molar-refractivity contribution in [2.24, 2.45) is 17.4 Å². The molecule has 3 saturated heterocycles. The van der Waals surface area contributed by atoms with E-state index >= 15 is 0 Å². The van der Waals surface area contributed by atoms with Crippen LogP contribution in [-0.2, 0) is 59.1 Å². The molecule has 3 aliphatic rings. The summed E-state index contributed by atoms with van der Waals surface area (Å²) in [6.07, 6.45) is 12.7. The van der Waals surface area contributed by atoms with Crippen LogP contribution in [0.2, 0.25) is 0 Å². The number of allylic oxidation sites excluding steroid dienone is 2. The topological polar surface area (TPSA) is 293 Å². The van der Waals surface area contributed by atoms with Gasteiger partial charge < -0.3 is 56.4 Å². The first kappa shape index (κ1) is 56.9. The molecular weight excluding hydrogens is 905 g/mol. The SMILES string of the molecule is CC(=O)OC(C)C=CC(=O)NC1CC(C)C(CC=C(C)C=CC2CC3(CC(CC(=O)NNC(=O)OCc4ccc(NC(=O)C(CCCN)NC(=O)CNC(=O)CCCCCN)cc4)O2)OC3C)OC1C. The number of benzene rings is 1. The second-order valence-corrected chi connectivity index (χ2v) is 18.5. The van der Waals surface area contributed by atoms with E-state index in [1.165, 1.54) is 13.0 Å². The fourth-order valence-corrected chi connectivity index (χ4v) is 8.42. The van der Waals surface area contributed by atoms with Crippen LogP contribution < -0.4 is 43.6 Å². The van der Waals surface area contributed by atoms with Crippen LogP contribution in [-0.4, -0.2) is 116 Å². The van der Waals surface area contributed by atoms with Crippen molar-refractivity contribution >= 4 is 47.3 Å². The fraction of sp³-hybridized carbons (Fsp3) is 0.620. The molecule has 10 unspecified atom stereocenters. The van der Waals surface area contributed by atoms with E-state index in [9.17, 15) is 33.6 Å². The van der Waals surface area contributed by atoms with Gasteiger partial charge in [-0.25, -0.2) is 10.2 Å². The minimum absolute atomic E-state index is 0.0199. The summed E-state index contributed by atoms with van der Waals surface area (Å²) in [6, 6.07) is 5.52. The number of esters is 1. The summed E-state index contributed by atoms with van der Waals surface area (Å²) in [5.41, 5.74) is 17.5. The third kappa shape index (κ3) is 20.4. The number of hydrogen-bond donors (Lipinski definition) is 8. The van der Waals surface area contributed by atoms with Gasteiger partial charge in [-0.1, -0.05) is 49.3 Å². The molecule has 0 aromatic heterocycles. The molecule has 3 aliphatic heterocycles. The maximum absolute atomic E-state index is 13.1. The molecule has 10 N–H and O–H groups in total. The van der Waals surface area contributed by atoms with E-state index in [1.54, 1.807) is 37.3 Å². The average molecular weight is 981 g/mol. The first-order chi connectivity index (χ1) is 33.4. The average Bonchev–Trinajstić information content (AvgIpc) is 3.93. The van der Waals surface area contributed by atoms with E-state index in [0.29, 0.717) is 62.9 Å². The van der Waals surface area contributed by atoms with Gasteiger partial charge in [0.2, 0.25) is 29.5 Å². The van der Waals surface area contributed by atoms with Crippen molar-refractivity contribution in [1.82, 2.24) is 26.8 Å². The molecule has 1 aromatic rings. The Morgan fingerprint density at radius 1 is 0.886 bits per heavy atom. The Balaban J connectivity index is 1.17. The van der Waals surface area contributed by atoms with E-state index in [0.717, 1.165) is 24.8 Å². The van der Waals surface area contributed by atoms with E-state index in [-0.39, 0.29) is 74.2 Å². The fourth-order valence-electron chi connectivity index (χ4n) is 8.42. The van der Waals surface area contributed by atoms with Gasteiger partial charge in [-0.05, 0) is 109 Å². The third-order valence-electron chi connectivity index (χ3n) is 12.5. The maximum atomic E-state index is 13.1. The van der Waals surface area contributed by atoms with Crippen molar-refractivity contribution in [2.45, 2.75) is 173 Å². The standard InChI is InChI=1S/C50H76N8O12/c1-31(14-21-43-32(2)25-42(34(4)68-43)56-45(61)22-15-33(3)67-36(6)59)13-20-39-27-50(35(5)70-50)28-40(69-39)26-46(62)57-58-49(65)66-30-37-16-18-38(19-17-37)54-48(64)41(11-10-24-52)55-47(63)29-53-44(60)12-8-7-9-23-51/h13-20,22,32-35,39-43H,7-12,21,23-30,51-52H2,1-6H3,(H,53,60)(H,54,64)(H,55,63)(H,56,61)(H,57,62)(H,58,65). The predicted octanol–water partition coefficient (Wildman–Crippen LogP) is 3.54. The van der Waals surface area contributed by atoms with E-state index in [1.807, 2.05) is 32.9 Å². The van der Waals surface area contributed by atoms with Gasteiger partial charge in [0.05, 0.1) is 55.1 Å². The Bertz CT molecular complexity index is 2010.